The minimum absolute atomic E-state index is 0.0249. The Labute approximate surface area is 312 Å². The van der Waals surface area contributed by atoms with E-state index in [0.29, 0.717) is 0 Å². The van der Waals surface area contributed by atoms with Gasteiger partial charge in [0.05, 0.1) is 16.6 Å². The first kappa shape index (κ1) is 31.1. The van der Waals surface area contributed by atoms with Gasteiger partial charge in [0.2, 0.25) is 0 Å². The van der Waals surface area contributed by atoms with Crippen molar-refractivity contribution >= 4 is 78.8 Å². The molecule has 0 saturated heterocycles. The Morgan fingerprint density at radius 3 is 2.15 bits per heavy atom. The van der Waals surface area contributed by atoms with Crippen LogP contribution in [0.3, 0.4) is 0 Å². The van der Waals surface area contributed by atoms with Gasteiger partial charge in [0.15, 0.2) is 0 Å². The van der Waals surface area contributed by atoms with Crippen LogP contribution in [0.15, 0.2) is 132 Å². The van der Waals surface area contributed by atoms with Crippen molar-refractivity contribution in [1.29, 1.82) is 0 Å². The lowest BCUT2D eigenvalue weighted by molar-refractivity contribution is 0.568. The van der Waals surface area contributed by atoms with E-state index in [0.717, 1.165) is 16.6 Å². The molecule has 4 heterocycles. The van der Waals surface area contributed by atoms with Crippen LogP contribution in [0.1, 0.15) is 76.6 Å². The fraction of sp³-hybridized carbons (Fsp3) is 0.224. The SMILES string of the molecule is CC(C)(C)c1cc(N2c3ccc4ccccc4c3B3c4c(cc5oc6ccccc6c5c42)C2=CC=CC4c5ccccc5N3C24C)cc(C(C)(C)C)c1. The maximum atomic E-state index is 6.88. The highest BCUT2D eigenvalue weighted by Gasteiger charge is 2.60. The lowest BCUT2D eigenvalue weighted by Crippen LogP contribution is -2.71. The summed E-state index contributed by atoms with van der Waals surface area (Å²) in [5, 5.41) is 4.91. The molecule has 11 rings (SSSR count). The van der Waals surface area contributed by atoms with Crippen LogP contribution >= 0.6 is 0 Å². The van der Waals surface area contributed by atoms with Crippen molar-refractivity contribution in [3.8, 4) is 0 Å². The topological polar surface area (TPSA) is 19.6 Å². The Morgan fingerprint density at radius 2 is 1.38 bits per heavy atom. The number of allylic oxidation sites excluding steroid dienone is 2. The van der Waals surface area contributed by atoms with E-state index in [1.54, 1.807) is 0 Å². The normalized spacial score (nSPS) is 19.8. The zero-order valence-corrected chi connectivity index (χ0v) is 31.6. The van der Waals surface area contributed by atoms with Gasteiger partial charge in [-0.2, -0.15) is 0 Å². The summed E-state index contributed by atoms with van der Waals surface area (Å²) in [7, 11) is 0. The number of hydrogen-bond donors (Lipinski definition) is 0. The van der Waals surface area contributed by atoms with Crippen molar-refractivity contribution < 1.29 is 4.42 Å². The Bertz CT molecular complexity index is 2770. The fourth-order valence-corrected chi connectivity index (χ4v) is 10.2. The third-order valence-electron chi connectivity index (χ3n) is 12.8. The van der Waals surface area contributed by atoms with Crippen molar-refractivity contribution in [1.82, 2.24) is 0 Å². The van der Waals surface area contributed by atoms with Crippen LogP contribution in [0.5, 0.6) is 0 Å². The molecule has 3 nitrogen and oxygen atoms in total. The number of para-hydroxylation sites is 2. The standard InChI is InChI=1S/C49H43BN2O/c1-47(2,3)30-25-31(48(4,5)6)27-32(26-30)51-40-24-23-29-15-8-9-16-33(29)44(40)50-45-36(28-42-43(46(45)51)35-18-11-13-22-41(35)53-42)38-20-14-19-37-34-17-10-12-21-39(34)52(50)49(37,38)7/h8-28,37H,1-7H3. The number of furan rings is 1. The maximum Gasteiger partial charge on any atom is 0.329 e. The molecule has 53 heavy (non-hydrogen) atoms. The van der Waals surface area contributed by atoms with Gasteiger partial charge < -0.3 is 14.1 Å². The van der Waals surface area contributed by atoms with Crippen molar-refractivity contribution in [3.63, 3.8) is 0 Å². The molecular formula is C49H43BN2O. The molecule has 7 aromatic rings. The molecule has 0 fully saturated rings. The monoisotopic (exact) mass is 686 g/mol. The minimum Gasteiger partial charge on any atom is -0.456 e. The van der Waals surface area contributed by atoms with Crippen molar-refractivity contribution in [2.45, 2.75) is 70.8 Å². The maximum absolute atomic E-state index is 6.88. The van der Waals surface area contributed by atoms with Crippen LogP contribution in [0, 0.1) is 0 Å². The van der Waals surface area contributed by atoms with E-state index in [-0.39, 0.29) is 29.1 Å². The predicted octanol–water partition coefficient (Wildman–Crippen LogP) is 11.6. The predicted molar refractivity (Wildman–Crippen MR) is 226 cm³/mol. The molecule has 2 atom stereocenters. The van der Waals surface area contributed by atoms with Gasteiger partial charge in [0, 0.05) is 28.4 Å². The second-order valence-corrected chi connectivity index (χ2v) is 17.9. The largest absolute Gasteiger partial charge is 0.456 e. The molecule has 4 aliphatic rings. The molecule has 258 valence electrons. The third kappa shape index (κ3) is 3.96. The molecule has 3 aliphatic heterocycles. The summed E-state index contributed by atoms with van der Waals surface area (Å²) in [4.78, 5) is 5.42. The van der Waals surface area contributed by atoms with Crippen LogP contribution in [-0.4, -0.2) is 12.4 Å². The van der Waals surface area contributed by atoms with Gasteiger partial charge in [-0.15, -0.1) is 0 Å². The molecule has 4 heteroatoms. The van der Waals surface area contributed by atoms with Gasteiger partial charge in [-0.05, 0) is 104 Å². The Kier molecular flexibility index (Phi) is 5.95. The van der Waals surface area contributed by atoms with Crippen LogP contribution in [0.4, 0.5) is 22.7 Å². The van der Waals surface area contributed by atoms with E-state index in [9.17, 15) is 0 Å². The van der Waals surface area contributed by atoms with E-state index in [1.807, 2.05) is 0 Å². The first-order valence-corrected chi connectivity index (χ1v) is 19.2. The van der Waals surface area contributed by atoms with Gasteiger partial charge in [-0.25, -0.2) is 0 Å². The zero-order valence-electron chi connectivity index (χ0n) is 31.6. The summed E-state index contributed by atoms with van der Waals surface area (Å²) in [6.45, 7) is 16.5. The van der Waals surface area contributed by atoms with Gasteiger partial charge in [-0.3, -0.25) is 0 Å². The Morgan fingerprint density at radius 1 is 0.679 bits per heavy atom. The minimum atomic E-state index is -0.283. The molecule has 6 aromatic carbocycles. The number of anilines is 4. The number of nitrogens with zero attached hydrogens (tertiary/aromatic N) is 2. The number of benzene rings is 6. The lowest BCUT2D eigenvalue weighted by Gasteiger charge is -2.54. The number of hydrogen-bond acceptors (Lipinski definition) is 3. The van der Waals surface area contributed by atoms with E-state index >= 15 is 0 Å². The van der Waals surface area contributed by atoms with E-state index in [2.05, 4.69) is 186 Å². The van der Waals surface area contributed by atoms with Gasteiger partial charge in [0.25, 0.3) is 0 Å². The van der Waals surface area contributed by atoms with Crippen LogP contribution < -0.4 is 20.6 Å². The van der Waals surface area contributed by atoms with Crippen molar-refractivity contribution in [3.05, 3.63) is 150 Å². The van der Waals surface area contributed by atoms with Crippen LogP contribution in [0.2, 0.25) is 0 Å². The first-order valence-electron chi connectivity index (χ1n) is 19.2. The molecule has 0 N–H and O–H groups in total. The van der Waals surface area contributed by atoms with E-state index < -0.39 is 0 Å². The van der Waals surface area contributed by atoms with Crippen molar-refractivity contribution in [2.24, 2.45) is 0 Å². The quantitative estimate of drug-likeness (QED) is 0.160. The summed E-state index contributed by atoms with van der Waals surface area (Å²) in [5.74, 6) is 0.232. The molecule has 0 amide bonds. The molecule has 0 saturated carbocycles. The Hall–Kier alpha value is -5.48. The molecule has 0 spiro atoms. The number of rotatable bonds is 1. The van der Waals surface area contributed by atoms with Gasteiger partial charge in [0.1, 0.15) is 11.2 Å². The second kappa shape index (κ2) is 10.1. The molecule has 2 unspecified atom stereocenters. The summed E-state index contributed by atoms with van der Waals surface area (Å²) in [5.41, 5.74) is 16.0. The highest BCUT2D eigenvalue weighted by atomic mass is 16.3. The van der Waals surface area contributed by atoms with Gasteiger partial charge in [-0.1, -0.05) is 133 Å². The van der Waals surface area contributed by atoms with Crippen LogP contribution in [0.25, 0.3) is 38.3 Å². The molecular weight excluding hydrogens is 643 g/mol. The first-order chi connectivity index (χ1) is 25.4. The molecule has 1 aliphatic carbocycles. The summed E-state index contributed by atoms with van der Waals surface area (Å²) in [6, 6.07) is 41.3. The second-order valence-electron chi connectivity index (χ2n) is 17.9. The van der Waals surface area contributed by atoms with Crippen molar-refractivity contribution in [2.75, 3.05) is 9.71 Å². The molecule has 1 aromatic heterocycles. The molecule has 0 radical (unpaired) electrons. The average molecular weight is 687 g/mol. The summed E-state index contributed by atoms with van der Waals surface area (Å²) < 4.78 is 6.88. The summed E-state index contributed by atoms with van der Waals surface area (Å²) >= 11 is 0. The average Bonchev–Trinajstić information content (AvgIpc) is 3.64. The molecule has 0 bridgehead atoms. The Balaban J connectivity index is 1.37. The van der Waals surface area contributed by atoms with Gasteiger partial charge >= 0.3 is 6.85 Å². The zero-order chi connectivity index (χ0) is 36.2. The van der Waals surface area contributed by atoms with Crippen LogP contribution in [-0.2, 0) is 10.8 Å². The number of fused-ring (bicyclic) bond motifs is 13. The third-order valence-corrected chi connectivity index (χ3v) is 12.8. The summed E-state index contributed by atoms with van der Waals surface area (Å²) in [6.07, 6.45) is 7.11. The lowest BCUT2D eigenvalue weighted by atomic mass is 9.40. The van der Waals surface area contributed by atoms with E-state index in [1.165, 1.54) is 77.7 Å². The fourth-order valence-electron chi connectivity index (χ4n) is 10.2. The highest BCUT2D eigenvalue weighted by molar-refractivity contribution is 6.94. The smallest absolute Gasteiger partial charge is 0.329 e. The highest BCUT2D eigenvalue weighted by Crippen LogP contribution is 2.60. The van der Waals surface area contributed by atoms with E-state index in [4.69, 9.17) is 4.42 Å².